The molecule has 1 aliphatic heterocycles. The number of carboxylic acids is 1. The van der Waals surface area contributed by atoms with Gasteiger partial charge in [0.05, 0.1) is 23.5 Å². The Bertz CT molecular complexity index is 2090. The zero-order valence-corrected chi connectivity index (χ0v) is 39.0. The fraction of sp³-hybridized carbons (Fsp3) is 0.760. The lowest BCUT2D eigenvalue weighted by molar-refractivity contribution is -0.221. The molecule has 1 unspecified atom stereocenters. The molecule has 10 atom stereocenters. The van der Waals surface area contributed by atoms with E-state index in [9.17, 15) is 31.5 Å². The van der Waals surface area contributed by atoms with Crippen molar-refractivity contribution < 1.29 is 36.2 Å². The first-order valence-electron chi connectivity index (χ1n) is 23.6. The number of hydrogen-bond acceptors (Lipinski definition) is 7. The van der Waals surface area contributed by atoms with E-state index in [2.05, 4.69) is 75.5 Å². The first kappa shape index (κ1) is 45.9. The summed E-state index contributed by atoms with van der Waals surface area (Å²) in [7, 11) is -2.90. The number of fused-ring (bicyclic) bond motifs is 7. The van der Waals surface area contributed by atoms with Crippen LogP contribution >= 0.6 is 0 Å². The number of carboxylic acid groups (broad SMARTS) is 1. The van der Waals surface area contributed by atoms with Crippen molar-refractivity contribution in [3.8, 4) is 5.88 Å². The smallest absolute Gasteiger partial charge is 0.421 e. The third kappa shape index (κ3) is 7.53. The number of ether oxygens (including phenoxy) is 1. The number of alkyl halides is 3. The summed E-state index contributed by atoms with van der Waals surface area (Å²) in [6, 6.07) is 2.15. The zero-order valence-electron chi connectivity index (χ0n) is 38.1. The summed E-state index contributed by atoms with van der Waals surface area (Å²) >= 11 is 0. The summed E-state index contributed by atoms with van der Waals surface area (Å²) in [4.78, 5) is 18.9. The molecule has 0 amide bonds. The Morgan fingerprint density at radius 2 is 1.71 bits per heavy atom. The second-order valence-corrected chi connectivity index (χ2v) is 24.6. The largest absolute Gasteiger partial charge is 0.481 e. The Morgan fingerprint density at radius 1 is 0.968 bits per heavy atom. The standard InChI is InChI=1S/C50H72F3N3O5S/c1-33(2)35-14-21-49(55-26-27-56-28-31-62(59,60)32-29-56)23-22-46(6)37(41(35)49)10-11-40-45(5)17-15-36(44(3,4)39(45)16-18-47(40,46)7)34-12-19-48(20-13-34,43(57)58)24-30-61-42-38(50(51,52)53)9-8-25-54-42/h8-9,12,15,25,35,37,39-41,55H,1,10-11,13-14,16-24,26-32H2,2-7H3,(H,57,58)/t35-,37+,39-,40+,41+,45-,46+,47+,48?,49-/m0/s1. The van der Waals surface area contributed by atoms with E-state index in [4.69, 9.17) is 4.74 Å². The van der Waals surface area contributed by atoms with Crippen LogP contribution < -0.4 is 10.1 Å². The maximum Gasteiger partial charge on any atom is 0.421 e. The maximum atomic E-state index is 13.6. The summed E-state index contributed by atoms with van der Waals surface area (Å²) in [6.07, 6.45) is 13.3. The maximum absolute atomic E-state index is 13.6. The van der Waals surface area contributed by atoms with Gasteiger partial charge in [-0.25, -0.2) is 13.4 Å². The SMILES string of the molecule is C=C(C)[C@@H]1CC[C@]2(NCCN3CCS(=O)(=O)CC3)CC[C@]3(C)[C@H](CC[C@@H]4[C@@]5(C)CC=C(C6=CCC(CCOc7ncccc7C(F)(F)F)(C(=O)O)CC6)C(C)(C)[C@@H]5CC[C@]43C)[C@@H]12. The van der Waals surface area contributed by atoms with Gasteiger partial charge >= 0.3 is 12.1 Å². The minimum Gasteiger partial charge on any atom is -0.481 e. The highest BCUT2D eigenvalue weighted by Crippen LogP contribution is 2.76. The predicted molar refractivity (Wildman–Crippen MR) is 237 cm³/mol. The van der Waals surface area contributed by atoms with Crippen LogP contribution in [-0.2, 0) is 20.8 Å². The fourth-order valence-corrected chi connectivity index (χ4v) is 17.1. The molecule has 2 heterocycles. The molecule has 0 bridgehead atoms. The molecule has 344 valence electrons. The van der Waals surface area contributed by atoms with E-state index in [0.29, 0.717) is 61.9 Å². The Labute approximate surface area is 368 Å². The molecule has 0 spiro atoms. The van der Waals surface area contributed by atoms with E-state index in [1.807, 2.05) is 0 Å². The van der Waals surface area contributed by atoms with Crippen LogP contribution in [0, 0.1) is 56.7 Å². The average Bonchev–Trinajstić information content (AvgIpc) is 3.59. The van der Waals surface area contributed by atoms with E-state index in [-0.39, 0.29) is 51.7 Å². The molecular formula is C50H72F3N3O5S. The normalized spacial score (nSPS) is 40.2. The molecule has 8 rings (SSSR count). The molecular weight excluding hydrogens is 812 g/mol. The minimum absolute atomic E-state index is 0.0964. The summed E-state index contributed by atoms with van der Waals surface area (Å²) in [5.74, 6) is 1.83. The van der Waals surface area contributed by atoms with Gasteiger partial charge in [0.15, 0.2) is 9.84 Å². The number of hydrogen-bond donors (Lipinski definition) is 2. The third-order valence-corrected chi connectivity index (χ3v) is 20.9. The summed E-state index contributed by atoms with van der Waals surface area (Å²) in [5, 5.41) is 14.7. The van der Waals surface area contributed by atoms with Gasteiger partial charge in [-0.1, -0.05) is 58.9 Å². The van der Waals surface area contributed by atoms with Crippen molar-refractivity contribution in [3.63, 3.8) is 0 Å². The number of sulfone groups is 1. The van der Waals surface area contributed by atoms with Crippen molar-refractivity contribution in [3.05, 3.63) is 59.3 Å². The van der Waals surface area contributed by atoms with Crippen molar-refractivity contribution in [1.82, 2.24) is 15.2 Å². The van der Waals surface area contributed by atoms with Gasteiger partial charge in [0.1, 0.15) is 5.56 Å². The first-order chi connectivity index (χ1) is 29.0. The van der Waals surface area contributed by atoms with Crippen molar-refractivity contribution in [2.24, 2.45) is 56.7 Å². The first-order valence-corrected chi connectivity index (χ1v) is 25.5. The monoisotopic (exact) mass is 884 g/mol. The van der Waals surface area contributed by atoms with Crippen LogP contribution in [0.25, 0.3) is 0 Å². The quantitative estimate of drug-likeness (QED) is 0.212. The Balaban J connectivity index is 0.984. The topological polar surface area (TPSA) is 109 Å². The number of pyridine rings is 1. The minimum atomic E-state index is -4.61. The van der Waals surface area contributed by atoms with Gasteiger partial charge in [0.25, 0.3) is 0 Å². The number of halogens is 3. The lowest BCUT2D eigenvalue weighted by Gasteiger charge is -2.72. The highest BCUT2D eigenvalue weighted by molar-refractivity contribution is 7.91. The van der Waals surface area contributed by atoms with Crippen LogP contribution in [0.1, 0.15) is 131 Å². The molecule has 12 heteroatoms. The van der Waals surface area contributed by atoms with E-state index in [1.54, 1.807) is 0 Å². The number of allylic oxidation sites excluding steroid dienone is 5. The van der Waals surface area contributed by atoms with Crippen molar-refractivity contribution in [2.45, 2.75) is 137 Å². The molecule has 6 aliphatic carbocycles. The average molecular weight is 884 g/mol. The van der Waals surface area contributed by atoms with Crippen molar-refractivity contribution in [1.29, 1.82) is 0 Å². The Kier molecular flexibility index (Phi) is 11.8. The lowest BCUT2D eigenvalue weighted by atomic mass is 9.33. The fourth-order valence-electron chi connectivity index (χ4n) is 15.8. The van der Waals surface area contributed by atoms with Crippen LogP contribution in [0.2, 0.25) is 0 Å². The molecule has 5 fully saturated rings. The number of nitrogens with one attached hydrogen (secondary N) is 1. The molecule has 0 radical (unpaired) electrons. The van der Waals surface area contributed by atoms with Crippen LogP contribution in [0.4, 0.5) is 13.2 Å². The van der Waals surface area contributed by atoms with Crippen LogP contribution in [0.3, 0.4) is 0 Å². The number of aromatic nitrogens is 1. The molecule has 1 saturated heterocycles. The van der Waals surface area contributed by atoms with Crippen LogP contribution in [0.15, 0.2) is 53.8 Å². The number of nitrogens with zero attached hydrogens (tertiary/aromatic N) is 2. The second kappa shape index (κ2) is 16.0. The van der Waals surface area contributed by atoms with Gasteiger partial charge < -0.3 is 20.1 Å². The molecule has 7 aliphatic rings. The molecule has 2 N–H and O–H groups in total. The molecule has 4 saturated carbocycles. The number of aliphatic carboxylic acids is 1. The summed E-state index contributed by atoms with van der Waals surface area (Å²) < 4.78 is 70.4. The van der Waals surface area contributed by atoms with E-state index in [0.717, 1.165) is 32.0 Å². The number of rotatable bonds is 11. The Hall–Kier alpha value is -2.70. The van der Waals surface area contributed by atoms with Crippen molar-refractivity contribution in [2.75, 3.05) is 44.3 Å². The second-order valence-electron chi connectivity index (χ2n) is 22.3. The van der Waals surface area contributed by atoms with Gasteiger partial charge in [-0.2, -0.15) is 13.2 Å². The van der Waals surface area contributed by atoms with E-state index < -0.39 is 38.8 Å². The zero-order chi connectivity index (χ0) is 44.7. The lowest BCUT2D eigenvalue weighted by Crippen LogP contribution is -2.68. The number of carbonyl (C=O) groups is 1. The molecule has 62 heavy (non-hydrogen) atoms. The van der Waals surface area contributed by atoms with Crippen molar-refractivity contribution >= 4 is 15.8 Å². The Morgan fingerprint density at radius 3 is 2.37 bits per heavy atom. The van der Waals surface area contributed by atoms with E-state index >= 15 is 0 Å². The highest BCUT2D eigenvalue weighted by atomic mass is 32.2. The van der Waals surface area contributed by atoms with Gasteiger partial charge in [0.2, 0.25) is 5.88 Å². The molecule has 0 aromatic carbocycles. The van der Waals surface area contributed by atoms with Gasteiger partial charge in [-0.05, 0) is 165 Å². The highest BCUT2D eigenvalue weighted by Gasteiger charge is 2.70. The summed E-state index contributed by atoms with van der Waals surface area (Å²) in [5.41, 5.74) is 2.37. The molecule has 1 aromatic heterocycles. The molecule has 1 aromatic rings. The molecule has 8 nitrogen and oxygen atoms in total. The van der Waals surface area contributed by atoms with Gasteiger partial charge in [0, 0.05) is 37.9 Å². The summed E-state index contributed by atoms with van der Waals surface area (Å²) in [6.45, 7) is 22.5. The van der Waals surface area contributed by atoms with E-state index in [1.165, 1.54) is 73.9 Å². The predicted octanol–water partition coefficient (Wildman–Crippen LogP) is 10.3. The van der Waals surface area contributed by atoms with Crippen LogP contribution in [-0.4, -0.2) is 79.2 Å². The van der Waals surface area contributed by atoms with Gasteiger partial charge in [-0.3, -0.25) is 4.79 Å². The third-order valence-electron chi connectivity index (χ3n) is 19.3. The van der Waals surface area contributed by atoms with Gasteiger partial charge in [-0.15, -0.1) is 0 Å². The van der Waals surface area contributed by atoms with Crippen LogP contribution in [0.5, 0.6) is 5.88 Å².